The number of hydrogen-bond acceptors (Lipinski definition) is 2. The van der Waals surface area contributed by atoms with Crippen LogP contribution in [0.2, 0.25) is 0 Å². The summed E-state index contributed by atoms with van der Waals surface area (Å²) < 4.78 is 5.27. The molecule has 1 aromatic carbocycles. The van der Waals surface area contributed by atoms with Crippen LogP contribution < -0.4 is 5.32 Å². The van der Waals surface area contributed by atoms with E-state index in [9.17, 15) is 4.79 Å². The molecule has 22 heavy (non-hydrogen) atoms. The van der Waals surface area contributed by atoms with Gasteiger partial charge in [0.1, 0.15) is 5.60 Å². The number of hydrogen-bond donors (Lipinski definition) is 1. The van der Waals surface area contributed by atoms with Crippen LogP contribution >= 0.6 is 0 Å². The molecule has 2 aliphatic carbocycles. The fourth-order valence-electron chi connectivity index (χ4n) is 3.49. The molecule has 0 heterocycles. The van der Waals surface area contributed by atoms with Gasteiger partial charge in [-0.2, -0.15) is 0 Å². The van der Waals surface area contributed by atoms with Crippen LogP contribution in [0, 0.1) is 0 Å². The fourth-order valence-corrected chi connectivity index (χ4v) is 3.49. The van der Waals surface area contributed by atoms with Crippen molar-refractivity contribution in [1.82, 2.24) is 5.32 Å². The molecule has 0 aliphatic heterocycles. The summed E-state index contributed by atoms with van der Waals surface area (Å²) in [4.78, 5) is 11.7. The number of ether oxygens (including phenoxy) is 1. The van der Waals surface area contributed by atoms with Crippen molar-refractivity contribution in [2.24, 2.45) is 0 Å². The van der Waals surface area contributed by atoms with Gasteiger partial charge >= 0.3 is 6.09 Å². The maximum absolute atomic E-state index is 11.7. The first-order valence-electron chi connectivity index (χ1n) is 8.24. The molecule has 2 aliphatic rings. The quantitative estimate of drug-likeness (QED) is 0.895. The fraction of sp³-hybridized carbons (Fsp3) is 0.526. The molecule has 0 spiro atoms. The molecule has 0 unspecified atom stereocenters. The van der Waals surface area contributed by atoms with Crippen molar-refractivity contribution >= 4 is 11.7 Å². The Morgan fingerprint density at radius 3 is 2.73 bits per heavy atom. The lowest BCUT2D eigenvalue weighted by Gasteiger charge is -2.19. The molecule has 0 aromatic heterocycles. The number of alkyl carbamates (subject to hydrolysis) is 1. The summed E-state index contributed by atoms with van der Waals surface area (Å²) in [6, 6.07) is 4.60. The molecule has 0 fully saturated rings. The van der Waals surface area contributed by atoms with Crippen molar-refractivity contribution in [3.8, 4) is 0 Å². The zero-order valence-electron chi connectivity index (χ0n) is 13.8. The third-order valence-electron chi connectivity index (χ3n) is 4.35. The summed E-state index contributed by atoms with van der Waals surface area (Å²) in [6.45, 7) is 6.16. The highest BCUT2D eigenvalue weighted by Gasteiger charge is 2.24. The van der Waals surface area contributed by atoms with E-state index in [2.05, 4.69) is 23.5 Å². The zero-order chi connectivity index (χ0) is 15.7. The van der Waals surface area contributed by atoms with Gasteiger partial charge in [-0.25, -0.2) is 4.79 Å². The molecule has 0 bridgehead atoms. The van der Waals surface area contributed by atoms with E-state index < -0.39 is 5.60 Å². The second-order valence-corrected chi connectivity index (χ2v) is 7.20. The largest absolute Gasteiger partial charge is 0.444 e. The van der Waals surface area contributed by atoms with Gasteiger partial charge in [-0.3, -0.25) is 0 Å². The van der Waals surface area contributed by atoms with Crippen LogP contribution in [0.25, 0.3) is 5.57 Å². The number of nitrogens with one attached hydrogen (secondary N) is 1. The Morgan fingerprint density at radius 1 is 1.18 bits per heavy atom. The van der Waals surface area contributed by atoms with Gasteiger partial charge in [-0.05, 0) is 80.7 Å². The molecule has 0 saturated carbocycles. The Labute approximate surface area is 132 Å². The molecular formula is C19H25NO2. The molecular weight excluding hydrogens is 274 g/mol. The lowest BCUT2D eigenvalue weighted by molar-refractivity contribution is 0.0534. The predicted octanol–water partition coefficient (Wildman–Crippen LogP) is 4.03. The highest BCUT2D eigenvalue weighted by atomic mass is 16.6. The first-order valence-corrected chi connectivity index (χ1v) is 8.24. The molecule has 1 aromatic rings. The van der Waals surface area contributed by atoms with Gasteiger partial charge in [-0.1, -0.05) is 18.2 Å². The standard InChI is InChI=1S/C19H25NO2/c1-19(2,3)22-18(21)20-12-11-15-10-9-14-8-7-13-5-4-6-16(13)17(14)15/h7-8,11H,4-6,9-10,12H2,1-3H3,(H,20,21). The van der Waals surface area contributed by atoms with Crippen LogP contribution in [0.3, 0.4) is 0 Å². The minimum atomic E-state index is -0.446. The van der Waals surface area contributed by atoms with E-state index in [0.29, 0.717) is 6.54 Å². The minimum absolute atomic E-state index is 0.346. The van der Waals surface area contributed by atoms with E-state index in [1.807, 2.05) is 20.8 Å². The number of aryl methyl sites for hydroxylation is 2. The molecule has 0 saturated heterocycles. The van der Waals surface area contributed by atoms with Crippen LogP contribution in [-0.2, 0) is 24.0 Å². The van der Waals surface area contributed by atoms with E-state index in [1.165, 1.54) is 41.5 Å². The smallest absolute Gasteiger partial charge is 0.407 e. The average Bonchev–Trinajstić information content (AvgIpc) is 3.01. The van der Waals surface area contributed by atoms with Crippen molar-refractivity contribution in [1.29, 1.82) is 0 Å². The van der Waals surface area contributed by atoms with Crippen molar-refractivity contribution in [2.75, 3.05) is 6.54 Å². The molecule has 0 atom stereocenters. The molecule has 1 amide bonds. The van der Waals surface area contributed by atoms with Gasteiger partial charge < -0.3 is 10.1 Å². The summed E-state index contributed by atoms with van der Waals surface area (Å²) in [6.07, 6.45) is 7.72. The molecule has 1 N–H and O–H groups in total. The van der Waals surface area contributed by atoms with Crippen LogP contribution in [-0.4, -0.2) is 18.2 Å². The topological polar surface area (TPSA) is 38.3 Å². The first-order chi connectivity index (χ1) is 10.4. The highest BCUT2D eigenvalue weighted by Crippen LogP contribution is 2.39. The van der Waals surface area contributed by atoms with E-state index in [0.717, 1.165) is 12.8 Å². The third-order valence-corrected chi connectivity index (χ3v) is 4.35. The number of benzene rings is 1. The van der Waals surface area contributed by atoms with Crippen molar-refractivity contribution < 1.29 is 9.53 Å². The van der Waals surface area contributed by atoms with Crippen LogP contribution in [0.15, 0.2) is 18.2 Å². The number of fused-ring (bicyclic) bond motifs is 3. The number of allylic oxidation sites excluding steroid dienone is 1. The van der Waals surface area contributed by atoms with E-state index in [-0.39, 0.29) is 6.09 Å². The summed E-state index contributed by atoms with van der Waals surface area (Å²) in [5.74, 6) is 0. The maximum Gasteiger partial charge on any atom is 0.407 e. The predicted molar refractivity (Wildman–Crippen MR) is 89.0 cm³/mol. The Kier molecular flexibility index (Phi) is 3.98. The van der Waals surface area contributed by atoms with Gasteiger partial charge in [0, 0.05) is 6.54 Å². The van der Waals surface area contributed by atoms with Crippen LogP contribution in [0.4, 0.5) is 4.79 Å². The number of rotatable bonds is 2. The molecule has 118 valence electrons. The van der Waals surface area contributed by atoms with Gasteiger partial charge in [0.2, 0.25) is 0 Å². The third kappa shape index (κ3) is 3.18. The lowest BCUT2D eigenvalue weighted by Crippen LogP contribution is -2.32. The van der Waals surface area contributed by atoms with Crippen molar-refractivity contribution in [3.05, 3.63) is 40.5 Å². The Hall–Kier alpha value is -1.77. The van der Waals surface area contributed by atoms with Gasteiger partial charge in [0.05, 0.1) is 0 Å². The SMILES string of the molecule is CC(C)(C)OC(=O)NCC=C1CCc2ccc3c(c21)CCC3. The van der Waals surface area contributed by atoms with Crippen LogP contribution in [0.1, 0.15) is 55.9 Å². The lowest BCUT2D eigenvalue weighted by atomic mass is 9.97. The second kappa shape index (κ2) is 5.79. The van der Waals surface area contributed by atoms with Crippen molar-refractivity contribution in [2.45, 2.75) is 58.5 Å². The number of carbonyl (C=O) groups is 1. The second-order valence-electron chi connectivity index (χ2n) is 7.20. The average molecular weight is 299 g/mol. The molecule has 3 heteroatoms. The van der Waals surface area contributed by atoms with Gasteiger partial charge in [0.15, 0.2) is 0 Å². The first kappa shape index (κ1) is 15.1. The van der Waals surface area contributed by atoms with Gasteiger partial charge in [-0.15, -0.1) is 0 Å². The van der Waals surface area contributed by atoms with E-state index in [4.69, 9.17) is 4.74 Å². The molecule has 0 radical (unpaired) electrons. The number of amides is 1. The van der Waals surface area contributed by atoms with E-state index in [1.54, 1.807) is 5.56 Å². The summed E-state index contributed by atoms with van der Waals surface area (Å²) in [7, 11) is 0. The highest BCUT2D eigenvalue weighted by molar-refractivity contribution is 5.77. The summed E-state index contributed by atoms with van der Waals surface area (Å²) in [5, 5.41) is 2.83. The number of carbonyl (C=O) groups excluding carboxylic acids is 1. The molecule has 3 nitrogen and oxygen atoms in total. The van der Waals surface area contributed by atoms with Crippen LogP contribution in [0.5, 0.6) is 0 Å². The monoisotopic (exact) mass is 299 g/mol. The summed E-state index contributed by atoms with van der Waals surface area (Å²) >= 11 is 0. The molecule has 3 rings (SSSR count). The minimum Gasteiger partial charge on any atom is -0.444 e. The Bertz CT molecular complexity index is 623. The summed E-state index contributed by atoms with van der Waals surface area (Å²) in [5.41, 5.74) is 6.97. The van der Waals surface area contributed by atoms with Gasteiger partial charge in [0.25, 0.3) is 0 Å². The Balaban J connectivity index is 1.69. The Morgan fingerprint density at radius 2 is 1.95 bits per heavy atom. The zero-order valence-corrected chi connectivity index (χ0v) is 13.8. The van der Waals surface area contributed by atoms with Crippen molar-refractivity contribution in [3.63, 3.8) is 0 Å². The van der Waals surface area contributed by atoms with E-state index >= 15 is 0 Å². The normalized spacial score (nSPS) is 18.2. The maximum atomic E-state index is 11.7.